The van der Waals surface area contributed by atoms with Gasteiger partial charge in [0.2, 0.25) is 5.91 Å². The average Bonchev–Trinajstić information content (AvgIpc) is 2.98. The van der Waals surface area contributed by atoms with Crippen molar-refractivity contribution in [1.29, 1.82) is 0 Å². The smallest absolute Gasteiger partial charge is 0.235 e. The van der Waals surface area contributed by atoms with Crippen molar-refractivity contribution in [2.45, 2.75) is 19.3 Å². The molecule has 1 unspecified atom stereocenters. The van der Waals surface area contributed by atoms with Gasteiger partial charge in [0.25, 0.3) is 0 Å². The van der Waals surface area contributed by atoms with E-state index in [0.29, 0.717) is 10.9 Å². The third-order valence-electron chi connectivity index (χ3n) is 4.00. The van der Waals surface area contributed by atoms with Crippen molar-refractivity contribution in [3.63, 3.8) is 0 Å². The van der Waals surface area contributed by atoms with Gasteiger partial charge in [-0.2, -0.15) is 0 Å². The molecule has 4 nitrogen and oxygen atoms in total. The van der Waals surface area contributed by atoms with Crippen molar-refractivity contribution < 1.29 is 4.79 Å². The van der Waals surface area contributed by atoms with Crippen LogP contribution < -0.4 is 5.73 Å². The molecule has 17 heavy (non-hydrogen) atoms. The zero-order valence-electron chi connectivity index (χ0n) is 10.6. The van der Waals surface area contributed by atoms with Crippen LogP contribution in [0.25, 0.3) is 0 Å². The van der Waals surface area contributed by atoms with E-state index in [4.69, 9.17) is 18.0 Å². The van der Waals surface area contributed by atoms with Crippen molar-refractivity contribution >= 4 is 23.1 Å². The Balaban J connectivity index is 1.90. The van der Waals surface area contributed by atoms with Crippen molar-refractivity contribution in [3.8, 4) is 0 Å². The Bertz CT molecular complexity index is 341. The lowest BCUT2D eigenvalue weighted by Crippen LogP contribution is -2.42. The Morgan fingerprint density at radius 1 is 1.59 bits per heavy atom. The van der Waals surface area contributed by atoms with Crippen LogP contribution in [0.5, 0.6) is 0 Å². The van der Waals surface area contributed by atoms with Gasteiger partial charge in [0.1, 0.15) is 0 Å². The van der Waals surface area contributed by atoms with E-state index in [-0.39, 0.29) is 5.91 Å². The largest absolute Gasteiger partial charge is 0.392 e. The first-order valence-corrected chi connectivity index (χ1v) is 6.60. The Morgan fingerprint density at radius 2 is 2.24 bits per heavy atom. The molecule has 0 aromatic rings. The quantitative estimate of drug-likeness (QED) is 0.742. The maximum atomic E-state index is 12.3. The van der Waals surface area contributed by atoms with E-state index >= 15 is 0 Å². The van der Waals surface area contributed by atoms with Crippen LogP contribution in [0.2, 0.25) is 0 Å². The van der Waals surface area contributed by atoms with E-state index in [9.17, 15) is 4.79 Å². The Morgan fingerprint density at radius 3 is 2.65 bits per heavy atom. The Labute approximate surface area is 108 Å². The minimum Gasteiger partial charge on any atom is -0.392 e. The number of carbonyl (C=O) groups is 1. The summed E-state index contributed by atoms with van der Waals surface area (Å²) in [6, 6.07) is 0. The summed E-state index contributed by atoms with van der Waals surface area (Å²) >= 11 is 5.01. The summed E-state index contributed by atoms with van der Waals surface area (Å²) in [4.78, 5) is 16.8. The molecule has 2 N–H and O–H groups in total. The second-order valence-corrected chi connectivity index (χ2v) is 5.99. The molecule has 1 saturated carbocycles. The summed E-state index contributed by atoms with van der Waals surface area (Å²) in [6.07, 6.45) is 2.83. The van der Waals surface area contributed by atoms with Crippen LogP contribution in [0.1, 0.15) is 19.3 Å². The average molecular weight is 255 g/mol. The zero-order valence-corrected chi connectivity index (χ0v) is 11.4. The van der Waals surface area contributed by atoms with Gasteiger partial charge in [-0.05, 0) is 38.8 Å². The summed E-state index contributed by atoms with van der Waals surface area (Å²) in [5.74, 6) is 0.718. The Kier molecular flexibility index (Phi) is 3.41. The number of thiocarbonyl (C=S) groups is 1. The van der Waals surface area contributed by atoms with E-state index in [0.717, 1.165) is 32.5 Å². The summed E-state index contributed by atoms with van der Waals surface area (Å²) in [5.41, 5.74) is 5.19. The molecular formula is C12H21N3OS. The van der Waals surface area contributed by atoms with E-state index in [1.807, 2.05) is 11.9 Å². The molecule has 0 spiro atoms. The number of hydrogen-bond acceptors (Lipinski definition) is 3. The lowest BCUT2D eigenvalue weighted by molar-refractivity contribution is -0.133. The van der Waals surface area contributed by atoms with Crippen LogP contribution in [0.4, 0.5) is 0 Å². The van der Waals surface area contributed by atoms with E-state index in [1.54, 1.807) is 0 Å². The summed E-state index contributed by atoms with van der Waals surface area (Å²) < 4.78 is 0. The molecule has 0 aromatic carbocycles. The summed E-state index contributed by atoms with van der Waals surface area (Å²) in [7, 11) is 4.00. The molecule has 0 bridgehead atoms. The van der Waals surface area contributed by atoms with Crippen molar-refractivity contribution in [1.82, 2.24) is 9.80 Å². The van der Waals surface area contributed by atoms with Gasteiger partial charge in [0, 0.05) is 20.1 Å². The van der Waals surface area contributed by atoms with Gasteiger partial charge < -0.3 is 15.5 Å². The number of carbonyl (C=O) groups excluding carboxylic acids is 1. The fourth-order valence-electron chi connectivity index (χ4n) is 2.70. The van der Waals surface area contributed by atoms with Crippen LogP contribution in [-0.2, 0) is 4.79 Å². The number of likely N-dealkylation sites (tertiary alicyclic amines) is 1. The first-order valence-electron chi connectivity index (χ1n) is 6.20. The highest BCUT2D eigenvalue weighted by atomic mass is 32.1. The SMILES string of the molecule is CN1CCC(CN(C)C(=O)C2(C(N)=S)CC2)C1. The monoisotopic (exact) mass is 255 g/mol. The molecule has 5 heteroatoms. The first kappa shape index (κ1) is 12.8. The maximum absolute atomic E-state index is 12.3. The van der Waals surface area contributed by atoms with Crippen molar-refractivity contribution in [3.05, 3.63) is 0 Å². The molecule has 1 aliphatic heterocycles. The maximum Gasteiger partial charge on any atom is 0.235 e. The second kappa shape index (κ2) is 4.53. The molecule has 2 rings (SSSR count). The van der Waals surface area contributed by atoms with Crippen LogP contribution in [0.3, 0.4) is 0 Å². The highest BCUT2D eigenvalue weighted by Crippen LogP contribution is 2.47. The molecular weight excluding hydrogens is 234 g/mol. The molecule has 0 aromatic heterocycles. The highest BCUT2D eigenvalue weighted by Gasteiger charge is 2.54. The van der Waals surface area contributed by atoms with E-state index in [1.165, 1.54) is 6.42 Å². The van der Waals surface area contributed by atoms with Crippen molar-refractivity contribution in [2.75, 3.05) is 33.7 Å². The van der Waals surface area contributed by atoms with Crippen LogP contribution >= 0.6 is 12.2 Å². The lowest BCUT2D eigenvalue weighted by Gasteiger charge is -2.25. The van der Waals surface area contributed by atoms with Gasteiger partial charge in [0.05, 0.1) is 10.4 Å². The molecule has 0 radical (unpaired) electrons. The number of amides is 1. The van der Waals surface area contributed by atoms with Gasteiger partial charge >= 0.3 is 0 Å². The van der Waals surface area contributed by atoms with Crippen LogP contribution in [0.15, 0.2) is 0 Å². The van der Waals surface area contributed by atoms with E-state index < -0.39 is 5.41 Å². The predicted molar refractivity (Wildman–Crippen MR) is 71.7 cm³/mol. The van der Waals surface area contributed by atoms with Gasteiger partial charge in [-0.15, -0.1) is 0 Å². The molecule has 1 heterocycles. The number of nitrogens with two attached hydrogens (primary N) is 1. The van der Waals surface area contributed by atoms with Gasteiger partial charge in [-0.25, -0.2) is 0 Å². The number of rotatable bonds is 4. The normalized spacial score (nSPS) is 26.8. The third-order valence-corrected chi connectivity index (χ3v) is 4.39. The van der Waals surface area contributed by atoms with Gasteiger partial charge in [0.15, 0.2) is 0 Å². The number of hydrogen-bond donors (Lipinski definition) is 1. The summed E-state index contributed by atoms with van der Waals surface area (Å²) in [6.45, 7) is 3.04. The lowest BCUT2D eigenvalue weighted by atomic mass is 10.0. The first-order chi connectivity index (χ1) is 7.95. The fraction of sp³-hybridized carbons (Fsp3) is 0.833. The third kappa shape index (κ3) is 2.45. The molecule has 1 saturated heterocycles. The minimum atomic E-state index is -0.491. The molecule has 1 atom stereocenters. The topological polar surface area (TPSA) is 49.6 Å². The van der Waals surface area contributed by atoms with Gasteiger partial charge in [-0.1, -0.05) is 12.2 Å². The van der Waals surface area contributed by atoms with Gasteiger partial charge in [-0.3, -0.25) is 4.79 Å². The summed E-state index contributed by atoms with van der Waals surface area (Å²) in [5, 5.41) is 0. The molecule has 1 aliphatic carbocycles. The zero-order chi connectivity index (χ0) is 12.6. The van der Waals surface area contributed by atoms with E-state index in [2.05, 4.69) is 11.9 Å². The minimum absolute atomic E-state index is 0.125. The Hall–Kier alpha value is -0.680. The standard InChI is InChI=1S/C12H21N3OS/c1-14-6-3-9(7-14)8-15(2)11(16)12(4-5-12)10(13)17/h9H,3-8H2,1-2H3,(H2,13,17). The van der Waals surface area contributed by atoms with Crippen LogP contribution in [-0.4, -0.2) is 54.4 Å². The number of nitrogens with zero attached hydrogens (tertiary/aromatic N) is 2. The molecule has 1 amide bonds. The highest BCUT2D eigenvalue weighted by molar-refractivity contribution is 7.80. The van der Waals surface area contributed by atoms with Crippen molar-refractivity contribution in [2.24, 2.45) is 17.1 Å². The van der Waals surface area contributed by atoms with Crippen LogP contribution in [0, 0.1) is 11.3 Å². The predicted octanol–water partition coefficient (Wildman–Crippen LogP) is 0.463. The second-order valence-electron chi connectivity index (χ2n) is 5.55. The fourth-order valence-corrected chi connectivity index (χ4v) is 2.99. The molecule has 96 valence electrons. The molecule has 2 aliphatic rings. The molecule has 2 fully saturated rings.